The summed E-state index contributed by atoms with van der Waals surface area (Å²) >= 11 is 0. The van der Waals surface area contributed by atoms with Crippen LogP contribution in [-0.2, 0) is 21.5 Å². The molecule has 29 heavy (non-hydrogen) atoms. The van der Waals surface area contributed by atoms with Crippen LogP contribution < -0.4 is 10.1 Å². The number of nitrogens with zero attached hydrogens (tertiary/aromatic N) is 1. The summed E-state index contributed by atoms with van der Waals surface area (Å²) < 4.78 is 18.8. The largest absolute Gasteiger partial charge is 0.484 e. The fourth-order valence-electron chi connectivity index (χ4n) is 2.86. The fraction of sp³-hybridized carbons (Fsp3) is 0.391. The molecule has 2 aromatic carbocycles. The summed E-state index contributed by atoms with van der Waals surface area (Å²) in [4.78, 5) is 26.4. The van der Waals surface area contributed by atoms with Gasteiger partial charge in [-0.25, -0.2) is 4.39 Å². The summed E-state index contributed by atoms with van der Waals surface area (Å²) in [5.74, 6) is -0.381. The lowest BCUT2D eigenvalue weighted by molar-refractivity contribution is -0.142. The fourth-order valence-corrected chi connectivity index (χ4v) is 2.86. The Morgan fingerprint density at radius 1 is 1.07 bits per heavy atom. The number of carbonyl (C=O) groups excluding carboxylic acids is 2. The van der Waals surface area contributed by atoms with Gasteiger partial charge in [0, 0.05) is 13.6 Å². The highest BCUT2D eigenvalue weighted by Crippen LogP contribution is 2.24. The molecule has 156 valence electrons. The van der Waals surface area contributed by atoms with Crippen molar-refractivity contribution in [2.75, 3.05) is 13.7 Å². The molecule has 6 heteroatoms. The highest BCUT2D eigenvalue weighted by atomic mass is 19.1. The van der Waals surface area contributed by atoms with E-state index in [0.717, 1.165) is 5.56 Å². The standard InChI is InChI=1S/C23H29FN2O3/c1-16(22(28)25-5)26(14-17-6-10-19(24)11-7-17)21(27)15-29-20-12-8-18(9-13-20)23(2,3)4/h6-13,16H,14-15H2,1-5H3,(H,25,28)/t16-/m0/s1. The number of rotatable bonds is 7. The normalized spacial score (nSPS) is 12.2. The summed E-state index contributed by atoms with van der Waals surface area (Å²) in [5, 5.41) is 2.56. The predicted molar refractivity (Wildman–Crippen MR) is 111 cm³/mol. The van der Waals surface area contributed by atoms with Gasteiger partial charge in [0.2, 0.25) is 5.91 Å². The number of nitrogens with one attached hydrogen (secondary N) is 1. The summed E-state index contributed by atoms with van der Waals surface area (Å²) in [6.07, 6.45) is 0. The monoisotopic (exact) mass is 400 g/mol. The average Bonchev–Trinajstić information content (AvgIpc) is 2.70. The Hall–Kier alpha value is -2.89. The molecule has 2 aromatic rings. The first kappa shape index (κ1) is 22.4. The minimum atomic E-state index is -0.690. The van der Waals surface area contributed by atoms with Gasteiger partial charge >= 0.3 is 0 Å². The maximum absolute atomic E-state index is 13.2. The molecule has 0 aliphatic rings. The number of hydrogen-bond donors (Lipinski definition) is 1. The Morgan fingerprint density at radius 2 is 1.66 bits per heavy atom. The maximum Gasteiger partial charge on any atom is 0.261 e. The minimum absolute atomic E-state index is 0.0310. The third-order valence-corrected chi connectivity index (χ3v) is 4.76. The van der Waals surface area contributed by atoms with Gasteiger partial charge in [-0.2, -0.15) is 0 Å². The van der Waals surface area contributed by atoms with Crippen LogP contribution in [-0.4, -0.2) is 36.4 Å². The lowest BCUT2D eigenvalue weighted by Gasteiger charge is -2.28. The first-order valence-corrected chi connectivity index (χ1v) is 9.60. The van der Waals surface area contributed by atoms with Crippen molar-refractivity contribution in [2.45, 2.75) is 45.7 Å². The SMILES string of the molecule is CNC(=O)[C@H](C)N(Cc1ccc(F)cc1)C(=O)COc1ccc(C(C)(C)C)cc1. The molecule has 0 heterocycles. The second-order valence-electron chi connectivity index (χ2n) is 8.00. The first-order valence-electron chi connectivity index (χ1n) is 9.60. The topological polar surface area (TPSA) is 58.6 Å². The van der Waals surface area contributed by atoms with Gasteiger partial charge in [-0.05, 0) is 47.7 Å². The van der Waals surface area contributed by atoms with Gasteiger partial charge in [-0.15, -0.1) is 0 Å². The van der Waals surface area contributed by atoms with Crippen molar-refractivity contribution in [3.05, 3.63) is 65.5 Å². The van der Waals surface area contributed by atoms with Crippen LogP contribution in [0.25, 0.3) is 0 Å². The maximum atomic E-state index is 13.2. The van der Waals surface area contributed by atoms with Crippen molar-refractivity contribution in [1.29, 1.82) is 0 Å². The van der Waals surface area contributed by atoms with E-state index in [4.69, 9.17) is 4.74 Å². The van der Waals surface area contributed by atoms with Crippen molar-refractivity contribution in [3.8, 4) is 5.75 Å². The number of benzene rings is 2. The van der Waals surface area contributed by atoms with Crippen molar-refractivity contribution in [3.63, 3.8) is 0 Å². The molecule has 0 radical (unpaired) electrons. The number of hydrogen-bond acceptors (Lipinski definition) is 3. The Bertz CT molecular complexity index is 827. The summed E-state index contributed by atoms with van der Waals surface area (Å²) in [5.41, 5.74) is 1.93. The molecule has 0 saturated heterocycles. The lowest BCUT2D eigenvalue weighted by Crippen LogP contribution is -2.48. The van der Waals surface area contributed by atoms with E-state index >= 15 is 0 Å². The van der Waals surface area contributed by atoms with Gasteiger partial charge < -0.3 is 15.0 Å². The van der Waals surface area contributed by atoms with Crippen molar-refractivity contribution >= 4 is 11.8 Å². The van der Waals surface area contributed by atoms with Crippen LogP contribution >= 0.6 is 0 Å². The molecule has 0 aromatic heterocycles. The molecular formula is C23H29FN2O3. The zero-order chi connectivity index (χ0) is 21.6. The molecule has 0 spiro atoms. The van der Waals surface area contributed by atoms with Crippen LogP contribution in [0.5, 0.6) is 5.75 Å². The minimum Gasteiger partial charge on any atom is -0.484 e. The van der Waals surface area contributed by atoms with E-state index in [9.17, 15) is 14.0 Å². The molecule has 1 N–H and O–H groups in total. The second kappa shape index (κ2) is 9.54. The van der Waals surface area contributed by atoms with Crippen molar-refractivity contribution in [1.82, 2.24) is 10.2 Å². The third kappa shape index (κ3) is 6.31. The third-order valence-electron chi connectivity index (χ3n) is 4.76. The van der Waals surface area contributed by atoms with E-state index in [1.165, 1.54) is 29.6 Å². The van der Waals surface area contributed by atoms with Crippen LogP contribution in [0.1, 0.15) is 38.8 Å². The zero-order valence-electron chi connectivity index (χ0n) is 17.7. The zero-order valence-corrected chi connectivity index (χ0v) is 17.7. The Balaban J connectivity index is 2.10. The van der Waals surface area contributed by atoms with E-state index < -0.39 is 6.04 Å². The first-order chi connectivity index (χ1) is 13.6. The molecule has 0 fully saturated rings. The Morgan fingerprint density at radius 3 is 2.17 bits per heavy atom. The number of likely N-dealkylation sites (N-methyl/N-ethyl adjacent to an activating group) is 1. The van der Waals surface area contributed by atoms with Gasteiger partial charge in [-0.1, -0.05) is 45.0 Å². The molecular weight excluding hydrogens is 371 g/mol. The van der Waals surface area contributed by atoms with Gasteiger partial charge in [0.15, 0.2) is 6.61 Å². The molecule has 0 aliphatic heterocycles. The van der Waals surface area contributed by atoms with Gasteiger partial charge in [0.05, 0.1) is 0 Å². The Kier molecular flexibility index (Phi) is 7.37. The van der Waals surface area contributed by atoms with E-state index in [1.54, 1.807) is 19.1 Å². The second-order valence-corrected chi connectivity index (χ2v) is 8.00. The quantitative estimate of drug-likeness (QED) is 0.772. The highest BCUT2D eigenvalue weighted by Gasteiger charge is 2.26. The number of amides is 2. The van der Waals surface area contributed by atoms with Crippen LogP contribution in [0.2, 0.25) is 0 Å². The van der Waals surface area contributed by atoms with Crippen LogP contribution in [0.3, 0.4) is 0 Å². The number of ether oxygens (including phenoxy) is 1. The Labute approximate surface area is 171 Å². The molecule has 2 amide bonds. The van der Waals surface area contributed by atoms with Crippen LogP contribution in [0, 0.1) is 5.82 Å². The van der Waals surface area contributed by atoms with E-state index in [0.29, 0.717) is 5.75 Å². The lowest BCUT2D eigenvalue weighted by atomic mass is 9.87. The number of halogens is 1. The molecule has 1 atom stereocenters. The van der Waals surface area contributed by atoms with E-state index in [1.807, 2.05) is 24.3 Å². The van der Waals surface area contributed by atoms with Crippen molar-refractivity contribution < 1.29 is 18.7 Å². The summed E-state index contributed by atoms with van der Waals surface area (Å²) in [6, 6.07) is 12.8. The van der Waals surface area contributed by atoms with E-state index in [2.05, 4.69) is 26.1 Å². The molecule has 2 rings (SSSR count). The molecule has 0 bridgehead atoms. The average molecular weight is 400 g/mol. The summed E-state index contributed by atoms with van der Waals surface area (Å²) in [7, 11) is 1.52. The van der Waals surface area contributed by atoms with Gasteiger partial charge in [-0.3, -0.25) is 9.59 Å². The molecule has 0 aliphatic carbocycles. The van der Waals surface area contributed by atoms with Crippen molar-refractivity contribution in [2.24, 2.45) is 0 Å². The van der Waals surface area contributed by atoms with Crippen LogP contribution in [0.4, 0.5) is 4.39 Å². The van der Waals surface area contributed by atoms with E-state index in [-0.39, 0.29) is 36.2 Å². The number of carbonyl (C=O) groups is 2. The summed E-state index contributed by atoms with van der Waals surface area (Å²) in [6.45, 7) is 8.01. The smallest absolute Gasteiger partial charge is 0.261 e. The molecule has 0 saturated carbocycles. The van der Waals surface area contributed by atoms with Crippen LogP contribution in [0.15, 0.2) is 48.5 Å². The molecule has 5 nitrogen and oxygen atoms in total. The predicted octanol–water partition coefficient (Wildman–Crippen LogP) is 3.67. The van der Waals surface area contributed by atoms with Gasteiger partial charge in [0.25, 0.3) is 5.91 Å². The molecule has 0 unspecified atom stereocenters. The highest BCUT2D eigenvalue weighted by molar-refractivity contribution is 5.87. The van der Waals surface area contributed by atoms with Gasteiger partial charge in [0.1, 0.15) is 17.6 Å².